The zero-order valence-corrected chi connectivity index (χ0v) is 25.6. The summed E-state index contributed by atoms with van der Waals surface area (Å²) in [4.78, 5) is 13.2. The highest BCUT2D eigenvalue weighted by Gasteiger charge is 2.29. The average molecular weight is 628 g/mol. The molecule has 1 amide bonds. The van der Waals surface area contributed by atoms with E-state index in [1.165, 1.54) is 36.4 Å². The third-order valence-corrected chi connectivity index (χ3v) is 9.86. The first-order chi connectivity index (χ1) is 19.9. The molecule has 2 N–H and O–H groups in total. The number of rotatable bonds is 11. The van der Waals surface area contributed by atoms with E-state index < -0.39 is 32.5 Å². The quantitative estimate of drug-likeness (QED) is 0.211. The summed E-state index contributed by atoms with van der Waals surface area (Å²) in [5.74, 6) is -0.333. The number of halogens is 1. The molecule has 0 bridgehead atoms. The standard InChI is InChI=1S/C30H30ClN3O6S2/c1-4-40-29-11-6-5-10-28(29)34(42(38,39)25-16-12-21(2)13-17-25)20-30(35)32-23-14-18-24(19-15-23)41(36,37)33-27-9-7-8-26(31)22(27)3/h5-19,33H,4,20H2,1-3H3,(H,32,35). The molecular formula is C30H30ClN3O6S2. The van der Waals surface area contributed by atoms with Crippen molar-refractivity contribution in [2.45, 2.75) is 30.6 Å². The van der Waals surface area contributed by atoms with Gasteiger partial charge in [-0.05, 0) is 87.0 Å². The number of para-hydroxylation sites is 2. The van der Waals surface area contributed by atoms with E-state index >= 15 is 0 Å². The molecule has 42 heavy (non-hydrogen) atoms. The predicted molar refractivity (Wildman–Crippen MR) is 165 cm³/mol. The number of carbonyl (C=O) groups is 1. The van der Waals surface area contributed by atoms with Crippen molar-refractivity contribution in [3.63, 3.8) is 0 Å². The van der Waals surface area contributed by atoms with Crippen LogP contribution in [0.4, 0.5) is 17.1 Å². The number of ether oxygens (including phenoxy) is 1. The van der Waals surface area contributed by atoms with Gasteiger partial charge in [0.05, 0.1) is 27.8 Å². The van der Waals surface area contributed by atoms with Crippen molar-refractivity contribution >= 4 is 54.6 Å². The third-order valence-electron chi connectivity index (χ3n) is 6.29. The predicted octanol–water partition coefficient (Wildman–Crippen LogP) is 5.99. The fraction of sp³-hybridized carbons (Fsp3) is 0.167. The summed E-state index contributed by atoms with van der Waals surface area (Å²) in [5, 5.41) is 3.08. The zero-order valence-electron chi connectivity index (χ0n) is 23.2. The van der Waals surface area contributed by atoms with Crippen molar-refractivity contribution < 1.29 is 26.4 Å². The Bertz CT molecular complexity index is 1790. The van der Waals surface area contributed by atoms with Crippen LogP contribution in [0.2, 0.25) is 5.02 Å². The van der Waals surface area contributed by atoms with E-state index in [-0.39, 0.29) is 21.2 Å². The molecule has 0 fully saturated rings. The maximum Gasteiger partial charge on any atom is 0.264 e. The van der Waals surface area contributed by atoms with Crippen molar-refractivity contribution in [3.05, 3.63) is 107 Å². The van der Waals surface area contributed by atoms with Crippen LogP contribution in [-0.4, -0.2) is 35.9 Å². The third kappa shape index (κ3) is 7.04. The second kappa shape index (κ2) is 12.8. The topological polar surface area (TPSA) is 122 Å². The molecule has 4 aromatic carbocycles. The van der Waals surface area contributed by atoms with Crippen LogP contribution in [0.25, 0.3) is 0 Å². The van der Waals surface area contributed by atoms with Crippen LogP contribution in [0.1, 0.15) is 18.1 Å². The Kier molecular flexibility index (Phi) is 9.45. The number of carbonyl (C=O) groups excluding carboxylic acids is 1. The Morgan fingerprint density at radius 2 is 1.48 bits per heavy atom. The SMILES string of the molecule is CCOc1ccccc1N(CC(=O)Nc1ccc(S(=O)(=O)Nc2cccc(Cl)c2C)cc1)S(=O)(=O)c1ccc(C)cc1. The molecular weight excluding hydrogens is 598 g/mol. The Labute approximate surface area is 251 Å². The number of anilines is 3. The van der Waals surface area contributed by atoms with Crippen molar-refractivity contribution in [2.75, 3.05) is 27.5 Å². The minimum atomic E-state index is -4.17. The van der Waals surface area contributed by atoms with E-state index in [0.29, 0.717) is 28.6 Å². The zero-order chi connectivity index (χ0) is 30.5. The summed E-state index contributed by atoms with van der Waals surface area (Å²) in [6.07, 6.45) is 0. The molecule has 0 radical (unpaired) electrons. The van der Waals surface area contributed by atoms with E-state index in [9.17, 15) is 21.6 Å². The van der Waals surface area contributed by atoms with E-state index in [2.05, 4.69) is 10.0 Å². The largest absolute Gasteiger partial charge is 0.492 e. The molecule has 0 atom stereocenters. The van der Waals surface area contributed by atoms with Crippen molar-refractivity contribution in [1.29, 1.82) is 0 Å². The van der Waals surface area contributed by atoms with E-state index in [0.717, 1.165) is 9.87 Å². The first-order valence-electron chi connectivity index (χ1n) is 12.9. The van der Waals surface area contributed by atoms with Crippen LogP contribution < -0.4 is 19.1 Å². The van der Waals surface area contributed by atoms with Crippen LogP contribution in [0.3, 0.4) is 0 Å². The van der Waals surface area contributed by atoms with Crippen molar-refractivity contribution in [2.24, 2.45) is 0 Å². The molecule has 0 saturated heterocycles. The molecule has 0 unspecified atom stereocenters. The lowest BCUT2D eigenvalue weighted by Crippen LogP contribution is -2.38. The van der Waals surface area contributed by atoms with Gasteiger partial charge in [0.1, 0.15) is 12.3 Å². The monoisotopic (exact) mass is 627 g/mol. The molecule has 0 saturated carbocycles. The number of nitrogens with one attached hydrogen (secondary N) is 2. The van der Waals surface area contributed by atoms with E-state index in [1.807, 2.05) is 6.92 Å². The number of amides is 1. The molecule has 0 aliphatic rings. The molecule has 4 rings (SSSR count). The smallest absolute Gasteiger partial charge is 0.264 e. The van der Waals surface area contributed by atoms with Gasteiger partial charge < -0.3 is 10.1 Å². The number of aryl methyl sites for hydroxylation is 1. The van der Waals surface area contributed by atoms with Crippen molar-refractivity contribution in [3.8, 4) is 5.75 Å². The maximum absolute atomic E-state index is 13.7. The van der Waals surface area contributed by atoms with Crippen LogP contribution in [0.5, 0.6) is 5.75 Å². The molecule has 9 nitrogen and oxygen atoms in total. The lowest BCUT2D eigenvalue weighted by atomic mass is 10.2. The first kappa shape index (κ1) is 30.9. The lowest BCUT2D eigenvalue weighted by Gasteiger charge is -2.26. The summed E-state index contributed by atoms with van der Waals surface area (Å²) in [5.41, 5.74) is 2.31. The first-order valence-corrected chi connectivity index (χ1v) is 16.2. The van der Waals surface area contributed by atoms with Gasteiger partial charge in [-0.15, -0.1) is 0 Å². The molecule has 0 heterocycles. The van der Waals surface area contributed by atoms with Gasteiger partial charge in [0, 0.05) is 10.7 Å². The molecule has 0 aromatic heterocycles. The molecule has 0 aliphatic carbocycles. The summed E-state index contributed by atoms with van der Waals surface area (Å²) in [6.45, 7) is 5.06. The van der Waals surface area contributed by atoms with Crippen LogP contribution in [0, 0.1) is 13.8 Å². The number of benzene rings is 4. The Morgan fingerprint density at radius 3 is 2.14 bits per heavy atom. The van der Waals surface area contributed by atoms with Gasteiger partial charge in [-0.1, -0.05) is 47.5 Å². The summed E-state index contributed by atoms with van der Waals surface area (Å²) in [6, 6.07) is 23.3. The normalized spacial score (nSPS) is 11.5. The molecule has 0 spiro atoms. The molecule has 12 heteroatoms. The summed E-state index contributed by atoms with van der Waals surface area (Å²) in [7, 11) is -8.11. The van der Waals surface area contributed by atoms with Gasteiger partial charge in [-0.3, -0.25) is 13.8 Å². The highest BCUT2D eigenvalue weighted by molar-refractivity contribution is 7.93. The van der Waals surface area contributed by atoms with Crippen LogP contribution in [0.15, 0.2) is 101 Å². The van der Waals surface area contributed by atoms with Gasteiger partial charge in [-0.25, -0.2) is 16.8 Å². The van der Waals surface area contributed by atoms with Gasteiger partial charge >= 0.3 is 0 Å². The second-order valence-electron chi connectivity index (χ2n) is 9.32. The molecule has 4 aromatic rings. The highest BCUT2D eigenvalue weighted by Crippen LogP contribution is 2.33. The van der Waals surface area contributed by atoms with Gasteiger partial charge in [0.2, 0.25) is 5.91 Å². The van der Waals surface area contributed by atoms with E-state index in [4.69, 9.17) is 16.3 Å². The number of nitrogens with zero attached hydrogens (tertiary/aromatic N) is 1. The van der Waals surface area contributed by atoms with E-state index in [1.54, 1.807) is 68.4 Å². The minimum Gasteiger partial charge on any atom is -0.492 e. The van der Waals surface area contributed by atoms with Gasteiger partial charge in [0.15, 0.2) is 0 Å². The number of hydrogen-bond donors (Lipinski definition) is 2. The van der Waals surface area contributed by atoms with Gasteiger partial charge in [-0.2, -0.15) is 0 Å². The highest BCUT2D eigenvalue weighted by atomic mass is 35.5. The van der Waals surface area contributed by atoms with Gasteiger partial charge in [0.25, 0.3) is 20.0 Å². The Balaban J connectivity index is 1.57. The average Bonchev–Trinajstić information content (AvgIpc) is 2.95. The second-order valence-corrected chi connectivity index (χ2v) is 13.3. The summed E-state index contributed by atoms with van der Waals surface area (Å²) >= 11 is 6.10. The number of sulfonamides is 2. The van der Waals surface area contributed by atoms with Crippen LogP contribution in [-0.2, 0) is 24.8 Å². The number of hydrogen-bond acceptors (Lipinski definition) is 6. The van der Waals surface area contributed by atoms with Crippen LogP contribution >= 0.6 is 11.6 Å². The maximum atomic E-state index is 13.7. The molecule has 220 valence electrons. The lowest BCUT2D eigenvalue weighted by molar-refractivity contribution is -0.114. The van der Waals surface area contributed by atoms with Crippen molar-refractivity contribution in [1.82, 2.24) is 0 Å². The Morgan fingerprint density at radius 1 is 0.833 bits per heavy atom. The summed E-state index contributed by atoms with van der Waals surface area (Å²) < 4.78 is 62.5. The molecule has 0 aliphatic heterocycles. The fourth-order valence-corrected chi connectivity index (χ4v) is 6.78. The fourth-order valence-electron chi connectivity index (χ4n) is 4.05. The Hall–Kier alpha value is -4.06. The minimum absolute atomic E-state index is 0.0178.